The summed E-state index contributed by atoms with van der Waals surface area (Å²) in [6.45, 7) is 6.39. The summed E-state index contributed by atoms with van der Waals surface area (Å²) < 4.78 is 0. The molecule has 6 heteroatoms. The van der Waals surface area contributed by atoms with Gasteiger partial charge < -0.3 is 10.4 Å². The maximum Gasteiger partial charge on any atom is 0.264 e. The normalized spacial score (nSPS) is 16.3. The van der Waals surface area contributed by atoms with Gasteiger partial charge in [-0.3, -0.25) is 14.6 Å². The second-order valence-corrected chi connectivity index (χ2v) is 5.87. The molecule has 1 radical (unpaired) electrons. The van der Waals surface area contributed by atoms with Crippen LogP contribution < -0.4 is 10.7 Å². The molecule has 6 nitrogen and oxygen atoms in total. The summed E-state index contributed by atoms with van der Waals surface area (Å²) in [7, 11) is 0. The van der Waals surface area contributed by atoms with Crippen molar-refractivity contribution in [1.29, 1.82) is 0 Å². The summed E-state index contributed by atoms with van der Waals surface area (Å²) in [5, 5.41) is 13.0. The first-order chi connectivity index (χ1) is 11.5. The van der Waals surface area contributed by atoms with Crippen LogP contribution in [0.4, 0.5) is 0 Å². The van der Waals surface area contributed by atoms with Crippen molar-refractivity contribution >= 4 is 11.8 Å². The Morgan fingerprint density at radius 1 is 1.38 bits per heavy atom. The van der Waals surface area contributed by atoms with Crippen molar-refractivity contribution in [1.82, 2.24) is 15.8 Å². The molecule has 1 aliphatic rings. The monoisotopic (exact) mass is 330 g/mol. The first-order valence-electron chi connectivity index (χ1n) is 8.06. The maximum atomic E-state index is 12.5. The zero-order chi connectivity index (χ0) is 17.5. The maximum absolute atomic E-state index is 12.5. The van der Waals surface area contributed by atoms with Crippen LogP contribution in [-0.2, 0) is 16.0 Å². The first-order valence-corrected chi connectivity index (χ1v) is 8.06. The van der Waals surface area contributed by atoms with Crippen LogP contribution in [0, 0.1) is 6.92 Å². The molecule has 1 unspecified atom stereocenters. The SMILES string of the molecule is [CH2]C(O)NC(=O)CC1=C(C)CCN(NCCc2ccccc2)C1=O. The number of benzene rings is 1. The molecule has 0 spiro atoms. The molecule has 129 valence electrons. The average molecular weight is 330 g/mol. The largest absolute Gasteiger partial charge is 0.374 e. The molecule has 1 aromatic carbocycles. The van der Waals surface area contributed by atoms with Crippen molar-refractivity contribution in [2.24, 2.45) is 0 Å². The molecule has 0 saturated heterocycles. The van der Waals surface area contributed by atoms with Crippen LogP contribution in [0.5, 0.6) is 0 Å². The number of nitrogens with one attached hydrogen (secondary N) is 2. The Bertz CT molecular complexity index is 611. The molecule has 0 aliphatic carbocycles. The summed E-state index contributed by atoms with van der Waals surface area (Å²) >= 11 is 0. The van der Waals surface area contributed by atoms with Crippen molar-refractivity contribution in [3.8, 4) is 0 Å². The number of hydrogen-bond donors (Lipinski definition) is 3. The summed E-state index contributed by atoms with van der Waals surface area (Å²) in [5.41, 5.74) is 5.73. The number of hydrazine groups is 1. The van der Waals surface area contributed by atoms with Gasteiger partial charge in [-0.25, -0.2) is 5.43 Å². The lowest BCUT2D eigenvalue weighted by Gasteiger charge is -2.30. The lowest BCUT2D eigenvalue weighted by atomic mass is 9.98. The highest BCUT2D eigenvalue weighted by Crippen LogP contribution is 2.20. The molecule has 24 heavy (non-hydrogen) atoms. The molecule has 2 amide bonds. The molecule has 1 aliphatic heterocycles. The Morgan fingerprint density at radius 2 is 2.08 bits per heavy atom. The van der Waals surface area contributed by atoms with E-state index in [4.69, 9.17) is 5.11 Å². The van der Waals surface area contributed by atoms with Gasteiger partial charge in [-0.05, 0) is 32.3 Å². The number of carbonyl (C=O) groups is 2. The number of rotatable bonds is 7. The van der Waals surface area contributed by atoms with Crippen LogP contribution in [0.15, 0.2) is 41.5 Å². The molecule has 1 aromatic rings. The molecule has 0 saturated carbocycles. The topological polar surface area (TPSA) is 81.7 Å². The van der Waals surface area contributed by atoms with E-state index in [1.165, 1.54) is 5.56 Å². The van der Waals surface area contributed by atoms with Crippen molar-refractivity contribution in [3.63, 3.8) is 0 Å². The molecule has 2 rings (SSSR count). The van der Waals surface area contributed by atoms with E-state index in [2.05, 4.69) is 17.7 Å². The fourth-order valence-electron chi connectivity index (χ4n) is 2.63. The molecular weight excluding hydrogens is 306 g/mol. The Balaban J connectivity index is 1.89. The number of aliphatic hydroxyl groups is 1. The second-order valence-electron chi connectivity index (χ2n) is 5.87. The van der Waals surface area contributed by atoms with Crippen molar-refractivity contribution in [3.05, 3.63) is 54.0 Å². The summed E-state index contributed by atoms with van der Waals surface area (Å²) in [4.78, 5) is 24.3. The van der Waals surface area contributed by atoms with E-state index in [0.29, 0.717) is 18.7 Å². The lowest BCUT2D eigenvalue weighted by Crippen LogP contribution is -2.48. The minimum absolute atomic E-state index is 0.0475. The van der Waals surface area contributed by atoms with E-state index in [-0.39, 0.29) is 12.3 Å². The van der Waals surface area contributed by atoms with Crippen LogP contribution in [0.2, 0.25) is 0 Å². The van der Waals surface area contributed by atoms with Gasteiger partial charge in [0, 0.05) is 18.7 Å². The number of aliphatic hydroxyl groups excluding tert-OH is 1. The highest BCUT2D eigenvalue weighted by atomic mass is 16.3. The first kappa shape index (κ1) is 18.2. The van der Waals surface area contributed by atoms with Gasteiger partial charge in [-0.15, -0.1) is 0 Å². The second kappa shape index (κ2) is 8.61. The molecule has 1 heterocycles. The van der Waals surface area contributed by atoms with Gasteiger partial charge in [0.2, 0.25) is 5.91 Å². The van der Waals surface area contributed by atoms with Crippen molar-refractivity contribution in [2.45, 2.75) is 32.4 Å². The van der Waals surface area contributed by atoms with E-state index >= 15 is 0 Å². The van der Waals surface area contributed by atoms with Crippen LogP contribution >= 0.6 is 0 Å². The Morgan fingerprint density at radius 3 is 2.75 bits per heavy atom. The van der Waals surface area contributed by atoms with Crippen LogP contribution in [0.3, 0.4) is 0 Å². The predicted octanol–water partition coefficient (Wildman–Crippen LogP) is 0.941. The molecule has 0 fully saturated rings. The lowest BCUT2D eigenvalue weighted by molar-refractivity contribution is -0.133. The van der Waals surface area contributed by atoms with Gasteiger partial charge in [-0.1, -0.05) is 35.9 Å². The molecule has 1 atom stereocenters. The van der Waals surface area contributed by atoms with Crippen LogP contribution in [0.25, 0.3) is 0 Å². The third kappa shape index (κ3) is 5.18. The number of hydrogen-bond acceptors (Lipinski definition) is 4. The van der Waals surface area contributed by atoms with Gasteiger partial charge in [-0.2, -0.15) is 0 Å². The van der Waals surface area contributed by atoms with Gasteiger partial charge in [0.05, 0.1) is 6.42 Å². The summed E-state index contributed by atoms with van der Waals surface area (Å²) in [6, 6.07) is 10.0. The van der Waals surface area contributed by atoms with Crippen molar-refractivity contribution < 1.29 is 14.7 Å². The molecular formula is C18H24N3O3. The fraction of sp³-hybridized carbons (Fsp3) is 0.389. The number of nitrogens with zero attached hydrogens (tertiary/aromatic N) is 1. The van der Waals surface area contributed by atoms with E-state index in [9.17, 15) is 9.59 Å². The zero-order valence-electron chi connectivity index (χ0n) is 13.9. The third-order valence-corrected chi connectivity index (χ3v) is 3.95. The Labute approximate surface area is 142 Å². The summed E-state index contributed by atoms with van der Waals surface area (Å²) in [5.74, 6) is -0.591. The smallest absolute Gasteiger partial charge is 0.264 e. The van der Waals surface area contributed by atoms with E-state index in [0.717, 1.165) is 18.4 Å². The number of amides is 2. The molecule has 0 aromatic heterocycles. The highest BCUT2D eigenvalue weighted by molar-refractivity contribution is 5.99. The quantitative estimate of drug-likeness (QED) is 0.650. The predicted molar refractivity (Wildman–Crippen MR) is 91.3 cm³/mol. The Kier molecular flexibility index (Phi) is 6.52. The van der Waals surface area contributed by atoms with Crippen molar-refractivity contribution in [2.75, 3.05) is 13.1 Å². The zero-order valence-corrected chi connectivity index (χ0v) is 13.9. The molecule has 0 bridgehead atoms. The van der Waals surface area contributed by atoms with Gasteiger partial charge in [0.25, 0.3) is 5.91 Å². The summed E-state index contributed by atoms with van der Waals surface area (Å²) in [6.07, 6.45) is 0.321. The van der Waals surface area contributed by atoms with Gasteiger partial charge in [0.1, 0.15) is 6.23 Å². The van der Waals surface area contributed by atoms with E-state index in [1.807, 2.05) is 37.3 Å². The van der Waals surface area contributed by atoms with Crippen LogP contribution in [0.1, 0.15) is 25.3 Å². The minimum atomic E-state index is -1.17. The van der Waals surface area contributed by atoms with Gasteiger partial charge in [0.15, 0.2) is 0 Å². The van der Waals surface area contributed by atoms with E-state index in [1.54, 1.807) is 5.01 Å². The highest BCUT2D eigenvalue weighted by Gasteiger charge is 2.26. The minimum Gasteiger partial charge on any atom is -0.374 e. The van der Waals surface area contributed by atoms with E-state index < -0.39 is 12.1 Å². The van der Waals surface area contributed by atoms with Gasteiger partial charge >= 0.3 is 0 Å². The molecule has 3 N–H and O–H groups in total. The number of carbonyl (C=O) groups excluding carboxylic acids is 2. The average Bonchev–Trinajstić information content (AvgIpc) is 2.54. The Hall–Kier alpha value is -2.18. The fourth-order valence-corrected chi connectivity index (χ4v) is 2.63. The standard InChI is InChI=1S/C18H24N3O3/c1-13-9-11-21(19-10-8-15-6-4-3-5-7-15)18(24)16(13)12-17(23)20-14(2)22/h3-7,14,19,22H,2,8-12H2,1H3,(H,20,23). The third-order valence-electron chi connectivity index (χ3n) is 3.95. The van der Waals surface area contributed by atoms with Crippen LogP contribution in [-0.4, -0.2) is 41.2 Å².